The first-order valence-electron chi connectivity index (χ1n) is 8.59. The number of carbonyl (C=O) groups is 1. The molecule has 2 aromatic rings. The average Bonchev–Trinajstić information content (AvgIpc) is 2.51. The molecule has 0 bridgehead atoms. The van der Waals surface area contributed by atoms with Gasteiger partial charge in [0.1, 0.15) is 10.8 Å². The van der Waals surface area contributed by atoms with Crippen LogP contribution in [0, 0.1) is 0 Å². The molecule has 2 N–H and O–H groups in total. The second kappa shape index (κ2) is 7.31. The van der Waals surface area contributed by atoms with Gasteiger partial charge in [0.2, 0.25) is 0 Å². The van der Waals surface area contributed by atoms with Crippen molar-refractivity contribution in [1.82, 2.24) is 4.98 Å². The highest BCUT2D eigenvalue weighted by Crippen LogP contribution is 2.40. The summed E-state index contributed by atoms with van der Waals surface area (Å²) in [6.07, 6.45) is 1.60. The van der Waals surface area contributed by atoms with Crippen molar-refractivity contribution in [2.75, 3.05) is 0 Å². The van der Waals surface area contributed by atoms with Gasteiger partial charge in [0.25, 0.3) is 0 Å². The number of hydrogen-bond acceptors (Lipinski definition) is 4. The topological polar surface area (TPSA) is 70.4 Å². The molecule has 5 heteroatoms. The second-order valence-corrected chi connectivity index (χ2v) is 9.45. The van der Waals surface area contributed by atoms with Crippen LogP contribution >= 0.6 is 11.8 Å². The van der Waals surface area contributed by atoms with Crippen molar-refractivity contribution in [3.05, 3.63) is 52.7 Å². The summed E-state index contributed by atoms with van der Waals surface area (Å²) in [5, 5.41) is 20.6. The zero-order valence-corrected chi connectivity index (χ0v) is 17.1. The Kier molecular flexibility index (Phi) is 5.71. The predicted molar refractivity (Wildman–Crippen MR) is 106 cm³/mol. The highest BCUT2D eigenvalue weighted by atomic mass is 32.2. The van der Waals surface area contributed by atoms with Gasteiger partial charge in [-0.15, -0.1) is 11.8 Å². The second-order valence-electron chi connectivity index (χ2n) is 8.49. The first-order valence-corrected chi connectivity index (χ1v) is 9.58. The summed E-state index contributed by atoms with van der Waals surface area (Å²) in [4.78, 5) is 15.6. The summed E-state index contributed by atoms with van der Waals surface area (Å²) in [6, 6.07) is 7.22. The van der Waals surface area contributed by atoms with Crippen molar-refractivity contribution in [1.29, 1.82) is 0 Å². The molecule has 0 atom stereocenters. The van der Waals surface area contributed by atoms with Gasteiger partial charge in [0, 0.05) is 11.9 Å². The molecule has 1 heterocycles. The Labute approximate surface area is 159 Å². The minimum atomic E-state index is -0.975. The molecule has 2 rings (SSSR count). The van der Waals surface area contributed by atoms with Crippen LogP contribution in [0.4, 0.5) is 0 Å². The Morgan fingerprint density at radius 1 is 1.08 bits per heavy atom. The fourth-order valence-corrected chi connectivity index (χ4v) is 3.66. The highest BCUT2D eigenvalue weighted by Gasteiger charge is 2.26. The summed E-state index contributed by atoms with van der Waals surface area (Å²) >= 11 is 1.40. The maximum atomic E-state index is 11.4. The molecular weight excluding hydrogens is 346 g/mol. The van der Waals surface area contributed by atoms with Gasteiger partial charge in [-0.2, -0.15) is 0 Å². The fourth-order valence-electron chi connectivity index (χ4n) is 2.74. The standard InChI is InChI=1S/C21H27NO3S/c1-20(2,3)15-10-13(11-16(17(15)23)21(4,5)6)12-26-18-14(19(24)25)8-7-9-22-18/h7-11,23H,12H2,1-6H3,(H,24,25). The minimum Gasteiger partial charge on any atom is -0.507 e. The summed E-state index contributed by atoms with van der Waals surface area (Å²) in [5.41, 5.74) is 2.68. The quantitative estimate of drug-likeness (QED) is 0.705. The van der Waals surface area contributed by atoms with E-state index in [1.54, 1.807) is 18.3 Å². The molecule has 0 radical (unpaired) electrons. The molecule has 0 unspecified atom stereocenters. The SMILES string of the molecule is CC(C)(C)c1cc(CSc2ncccc2C(=O)O)cc(C(C)(C)C)c1O. The Morgan fingerprint density at radius 3 is 2.08 bits per heavy atom. The van der Waals surface area contributed by atoms with E-state index in [4.69, 9.17) is 0 Å². The van der Waals surface area contributed by atoms with Gasteiger partial charge in [-0.05, 0) is 39.7 Å². The van der Waals surface area contributed by atoms with Crippen molar-refractivity contribution in [2.45, 2.75) is 63.2 Å². The van der Waals surface area contributed by atoms with E-state index in [1.807, 2.05) is 12.1 Å². The van der Waals surface area contributed by atoms with Crippen LogP contribution in [-0.4, -0.2) is 21.2 Å². The number of aromatic nitrogens is 1. The van der Waals surface area contributed by atoms with Crippen LogP contribution in [0.1, 0.15) is 68.6 Å². The van der Waals surface area contributed by atoms with E-state index in [2.05, 4.69) is 46.5 Å². The van der Waals surface area contributed by atoms with Gasteiger partial charge >= 0.3 is 5.97 Å². The van der Waals surface area contributed by atoms with Gasteiger partial charge < -0.3 is 10.2 Å². The normalized spacial score (nSPS) is 12.2. The number of aromatic hydroxyl groups is 1. The zero-order valence-electron chi connectivity index (χ0n) is 16.3. The van der Waals surface area contributed by atoms with Gasteiger partial charge in [-0.25, -0.2) is 9.78 Å². The van der Waals surface area contributed by atoms with Crippen molar-refractivity contribution in [3.8, 4) is 5.75 Å². The fraction of sp³-hybridized carbons (Fsp3) is 0.429. The number of aromatic carboxylic acids is 1. The minimum absolute atomic E-state index is 0.192. The molecule has 140 valence electrons. The first-order chi connectivity index (χ1) is 11.9. The van der Waals surface area contributed by atoms with E-state index in [0.717, 1.165) is 16.7 Å². The summed E-state index contributed by atoms with van der Waals surface area (Å²) in [6.45, 7) is 12.5. The van der Waals surface area contributed by atoms with E-state index in [0.29, 0.717) is 16.5 Å². The molecule has 0 saturated heterocycles. The molecule has 0 spiro atoms. The summed E-state index contributed by atoms with van der Waals surface area (Å²) in [7, 11) is 0. The number of carboxylic acids is 1. The monoisotopic (exact) mass is 373 g/mol. The van der Waals surface area contributed by atoms with Crippen LogP contribution in [-0.2, 0) is 16.6 Å². The third-order valence-corrected chi connectivity index (χ3v) is 5.24. The van der Waals surface area contributed by atoms with Gasteiger partial charge in [-0.3, -0.25) is 0 Å². The molecule has 4 nitrogen and oxygen atoms in total. The molecule has 0 fully saturated rings. The van der Waals surface area contributed by atoms with E-state index in [1.165, 1.54) is 11.8 Å². The third-order valence-electron chi connectivity index (χ3n) is 4.16. The summed E-state index contributed by atoms with van der Waals surface area (Å²) in [5.74, 6) is -0.0381. The largest absolute Gasteiger partial charge is 0.507 e. The molecular formula is C21H27NO3S. The Balaban J connectivity index is 2.43. The lowest BCUT2D eigenvalue weighted by Gasteiger charge is -2.28. The van der Waals surface area contributed by atoms with Crippen molar-refractivity contribution in [2.24, 2.45) is 0 Å². The van der Waals surface area contributed by atoms with Crippen molar-refractivity contribution >= 4 is 17.7 Å². The number of thioether (sulfide) groups is 1. The number of phenolic OH excluding ortho intramolecular Hbond substituents is 1. The third kappa shape index (κ3) is 4.58. The average molecular weight is 374 g/mol. The van der Waals surface area contributed by atoms with Crippen LogP contribution in [0.2, 0.25) is 0 Å². The van der Waals surface area contributed by atoms with E-state index >= 15 is 0 Å². The van der Waals surface area contributed by atoms with Gasteiger partial charge in [0.15, 0.2) is 0 Å². The zero-order chi connectivity index (χ0) is 19.7. The Hall–Kier alpha value is -2.01. The Morgan fingerprint density at radius 2 is 1.62 bits per heavy atom. The van der Waals surface area contributed by atoms with Gasteiger partial charge in [-0.1, -0.05) is 53.7 Å². The molecule has 0 amide bonds. The first kappa shape index (κ1) is 20.3. The van der Waals surface area contributed by atoms with Crippen LogP contribution in [0.25, 0.3) is 0 Å². The maximum absolute atomic E-state index is 11.4. The van der Waals surface area contributed by atoms with E-state index in [-0.39, 0.29) is 16.4 Å². The van der Waals surface area contributed by atoms with Gasteiger partial charge in [0.05, 0.1) is 5.56 Å². The molecule has 0 saturated carbocycles. The predicted octanol–water partition coefficient (Wildman–Crippen LogP) is 5.37. The number of benzene rings is 1. The lowest BCUT2D eigenvalue weighted by Crippen LogP contribution is -2.17. The number of pyridine rings is 1. The molecule has 1 aromatic heterocycles. The Bertz CT molecular complexity index is 782. The number of phenols is 1. The van der Waals surface area contributed by atoms with Crippen molar-refractivity contribution in [3.63, 3.8) is 0 Å². The van der Waals surface area contributed by atoms with Crippen LogP contribution in [0.15, 0.2) is 35.5 Å². The molecule has 0 aliphatic heterocycles. The van der Waals surface area contributed by atoms with Crippen LogP contribution in [0.3, 0.4) is 0 Å². The van der Waals surface area contributed by atoms with Crippen LogP contribution < -0.4 is 0 Å². The van der Waals surface area contributed by atoms with E-state index in [9.17, 15) is 15.0 Å². The number of rotatable bonds is 4. The number of carboxylic acid groups (broad SMARTS) is 1. The number of hydrogen-bond donors (Lipinski definition) is 2. The number of nitrogens with zero attached hydrogens (tertiary/aromatic N) is 1. The smallest absolute Gasteiger partial charge is 0.338 e. The summed E-state index contributed by atoms with van der Waals surface area (Å²) < 4.78 is 0. The molecule has 0 aliphatic carbocycles. The van der Waals surface area contributed by atoms with E-state index < -0.39 is 5.97 Å². The highest BCUT2D eigenvalue weighted by molar-refractivity contribution is 7.98. The van der Waals surface area contributed by atoms with Crippen molar-refractivity contribution < 1.29 is 15.0 Å². The molecule has 0 aliphatic rings. The lowest BCUT2D eigenvalue weighted by atomic mass is 9.78. The molecule has 26 heavy (non-hydrogen) atoms. The van der Waals surface area contributed by atoms with Crippen LogP contribution in [0.5, 0.6) is 5.75 Å². The maximum Gasteiger partial charge on any atom is 0.338 e. The lowest BCUT2D eigenvalue weighted by molar-refractivity contribution is 0.0692. The molecule has 1 aromatic carbocycles.